The number of amides is 1. The van der Waals surface area contributed by atoms with Gasteiger partial charge in [0.05, 0.1) is 14.2 Å². The molecule has 1 aliphatic heterocycles. The quantitative estimate of drug-likeness (QED) is 0.702. The van der Waals surface area contributed by atoms with Crippen LogP contribution in [0.3, 0.4) is 0 Å². The fraction of sp³-hybridized carbons (Fsp3) is 0.417. The molecule has 0 saturated heterocycles. The summed E-state index contributed by atoms with van der Waals surface area (Å²) >= 11 is 0. The second kappa shape index (κ2) is 8.27. The molecule has 5 heteroatoms. The number of fused-ring (bicyclic) bond motifs is 2. The largest absolute Gasteiger partial charge is 0.493 e. The van der Waals surface area contributed by atoms with Crippen LogP contribution in [-0.2, 0) is 30.6 Å². The Kier molecular flexibility index (Phi) is 5.56. The Hall–Kier alpha value is -2.82. The van der Waals surface area contributed by atoms with Crippen LogP contribution in [-0.4, -0.2) is 37.4 Å². The molecule has 2 aromatic carbocycles. The summed E-state index contributed by atoms with van der Waals surface area (Å²) in [5.74, 6) is 1.47. The highest BCUT2D eigenvalue weighted by Crippen LogP contribution is 2.33. The van der Waals surface area contributed by atoms with E-state index in [4.69, 9.17) is 9.47 Å². The molecule has 29 heavy (non-hydrogen) atoms. The molecular formula is C24H27NO4. The van der Waals surface area contributed by atoms with Crippen LogP contribution < -0.4 is 9.47 Å². The van der Waals surface area contributed by atoms with Crippen molar-refractivity contribution in [1.82, 2.24) is 4.90 Å². The third-order valence-electron chi connectivity index (χ3n) is 6.06. The summed E-state index contributed by atoms with van der Waals surface area (Å²) in [4.78, 5) is 27.1. The molecule has 0 fully saturated rings. The maximum Gasteiger partial charge on any atom is 0.223 e. The summed E-state index contributed by atoms with van der Waals surface area (Å²) < 4.78 is 10.8. The van der Waals surface area contributed by atoms with Gasteiger partial charge in [-0.2, -0.15) is 0 Å². The molecule has 0 saturated carbocycles. The molecule has 152 valence electrons. The number of hydrogen-bond acceptors (Lipinski definition) is 4. The van der Waals surface area contributed by atoms with E-state index in [0.29, 0.717) is 24.6 Å². The van der Waals surface area contributed by atoms with Crippen LogP contribution in [0.5, 0.6) is 11.5 Å². The maximum atomic E-state index is 12.7. The van der Waals surface area contributed by atoms with E-state index in [-0.39, 0.29) is 24.5 Å². The summed E-state index contributed by atoms with van der Waals surface area (Å²) in [5.41, 5.74) is 5.64. The minimum absolute atomic E-state index is 0.0277. The second-order valence-corrected chi connectivity index (χ2v) is 7.80. The molecule has 0 spiro atoms. The van der Waals surface area contributed by atoms with Crippen LogP contribution in [0.15, 0.2) is 30.3 Å². The molecule has 4 rings (SSSR count). The van der Waals surface area contributed by atoms with Crippen LogP contribution in [0.25, 0.3) is 0 Å². The van der Waals surface area contributed by atoms with Gasteiger partial charge in [0.1, 0.15) is 0 Å². The number of ketones is 1. The number of ether oxygens (including phenoxy) is 2. The predicted molar refractivity (Wildman–Crippen MR) is 111 cm³/mol. The Morgan fingerprint density at radius 1 is 0.862 bits per heavy atom. The van der Waals surface area contributed by atoms with Gasteiger partial charge in [-0.05, 0) is 66.1 Å². The molecule has 2 aromatic rings. The fourth-order valence-corrected chi connectivity index (χ4v) is 4.36. The number of methoxy groups -OCH3 is 2. The standard InChI is InChI=1S/C24H27NO4/c1-28-22-13-18-10-11-25(15-20(18)14-23(22)29-2)24(27)9-8-21(26)19-7-6-16-4-3-5-17(16)12-19/h6-7,12-14H,3-5,8-11,15H2,1-2H3. The second-order valence-electron chi connectivity index (χ2n) is 7.80. The van der Waals surface area contributed by atoms with E-state index < -0.39 is 0 Å². The average Bonchev–Trinajstić information content (AvgIpc) is 3.23. The van der Waals surface area contributed by atoms with Crippen molar-refractivity contribution in [3.63, 3.8) is 0 Å². The van der Waals surface area contributed by atoms with Crippen molar-refractivity contribution >= 4 is 11.7 Å². The molecule has 0 aromatic heterocycles. The van der Waals surface area contributed by atoms with Crippen molar-refractivity contribution in [1.29, 1.82) is 0 Å². The first kappa shape index (κ1) is 19.5. The van der Waals surface area contributed by atoms with Gasteiger partial charge in [-0.25, -0.2) is 0 Å². The van der Waals surface area contributed by atoms with Gasteiger partial charge < -0.3 is 14.4 Å². The number of hydrogen-bond donors (Lipinski definition) is 0. The van der Waals surface area contributed by atoms with E-state index in [1.54, 1.807) is 14.2 Å². The monoisotopic (exact) mass is 393 g/mol. The first-order valence-corrected chi connectivity index (χ1v) is 10.3. The average molecular weight is 393 g/mol. The number of rotatable bonds is 6. The lowest BCUT2D eigenvalue weighted by atomic mass is 9.97. The van der Waals surface area contributed by atoms with Gasteiger partial charge in [-0.1, -0.05) is 12.1 Å². The lowest BCUT2D eigenvalue weighted by molar-refractivity contribution is -0.132. The van der Waals surface area contributed by atoms with E-state index in [1.807, 2.05) is 29.2 Å². The van der Waals surface area contributed by atoms with Gasteiger partial charge in [0.25, 0.3) is 0 Å². The molecule has 1 aliphatic carbocycles. The summed E-state index contributed by atoms with van der Waals surface area (Å²) in [6.45, 7) is 1.20. The Morgan fingerprint density at radius 3 is 2.31 bits per heavy atom. The number of Topliss-reactive ketones (excluding diaryl/α,β-unsaturated/α-hetero) is 1. The molecule has 0 N–H and O–H groups in total. The fourth-order valence-electron chi connectivity index (χ4n) is 4.36. The summed E-state index contributed by atoms with van der Waals surface area (Å²) in [5, 5.41) is 0. The molecule has 2 aliphatic rings. The summed E-state index contributed by atoms with van der Waals surface area (Å²) in [6, 6.07) is 9.94. The third kappa shape index (κ3) is 4.00. The molecule has 1 amide bonds. The number of carbonyl (C=O) groups is 2. The maximum absolute atomic E-state index is 12.7. The molecule has 1 heterocycles. The third-order valence-corrected chi connectivity index (χ3v) is 6.06. The number of nitrogens with zero attached hydrogens (tertiary/aromatic N) is 1. The van der Waals surface area contributed by atoms with Gasteiger partial charge in [-0.3, -0.25) is 9.59 Å². The minimum Gasteiger partial charge on any atom is -0.493 e. The SMILES string of the molecule is COc1cc2c(cc1OC)CN(C(=O)CCC(=O)c1ccc3c(c1)CCC3)CC2. The summed E-state index contributed by atoms with van der Waals surface area (Å²) in [6.07, 6.45) is 4.61. The number of aryl methyl sites for hydroxylation is 2. The van der Waals surface area contributed by atoms with Crippen LogP contribution in [0.2, 0.25) is 0 Å². The molecule has 0 unspecified atom stereocenters. The van der Waals surface area contributed by atoms with Crippen molar-refractivity contribution in [3.8, 4) is 11.5 Å². The van der Waals surface area contributed by atoms with Crippen molar-refractivity contribution in [3.05, 3.63) is 58.1 Å². The topological polar surface area (TPSA) is 55.8 Å². The van der Waals surface area contributed by atoms with E-state index in [9.17, 15) is 9.59 Å². The van der Waals surface area contributed by atoms with Crippen LogP contribution >= 0.6 is 0 Å². The number of carbonyl (C=O) groups excluding carboxylic acids is 2. The molecular weight excluding hydrogens is 366 g/mol. The Labute approximate surface area is 171 Å². The zero-order valence-electron chi connectivity index (χ0n) is 17.1. The van der Waals surface area contributed by atoms with Gasteiger partial charge in [-0.15, -0.1) is 0 Å². The first-order valence-electron chi connectivity index (χ1n) is 10.3. The number of benzene rings is 2. The highest BCUT2D eigenvalue weighted by molar-refractivity contribution is 5.98. The zero-order chi connectivity index (χ0) is 20.4. The van der Waals surface area contributed by atoms with Gasteiger partial charge >= 0.3 is 0 Å². The Balaban J connectivity index is 1.38. The van der Waals surface area contributed by atoms with E-state index in [0.717, 1.165) is 30.4 Å². The smallest absolute Gasteiger partial charge is 0.223 e. The normalized spacial score (nSPS) is 14.9. The van der Waals surface area contributed by atoms with Crippen LogP contribution in [0.4, 0.5) is 0 Å². The van der Waals surface area contributed by atoms with Crippen LogP contribution in [0.1, 0.15) is 51.9 Å². The van der Waals surface area contributed by atoms with Crippen molar-refractivity contribution in [2.45, 2.75) is 45.1 Å². The lowest BCUT2D eigenvalue weighted by Gasteiger charge is -2.29. The molecule has 5 nitrogen and oxygen atoms in total. The minimum atomic E-state index is 0.0277. The van der Waals surface area contributed by atoms with Crippen molar-refractivity contribution in [2.24, 2.45) is 0 Å². The van der Waals surface area contributed by atoms with Gasteiger partial charge in [0, 0.05) is 31.5 Å². The van der Waals surface area contributed by atoms with E-state index in [2.05, 4.69) is 6.07 Å². The van der Waals surface area contributed by atoms with E-state index in [1.165, 1.54) is 23.1 Å². The zero-order valence-corrected chi connectivity index (χ0v) is 17.1. The van der Waals surface area contributed by atoms with Crippen molar-refractivity contribution in [2.75, 3.05) is 20.8 Å². The molecule has 0 bridgehead atoms. The lowest BCUT2D eigenvalue weighted by Crippen LogP contribution is -2.36. The Bertz CT molecular complexity index is 950. The van der Waals surface area contributed by atoms with Crippen molar-refractivity contribution < 1.29 is 19.1 Å². The van der Waals surface area contributed by atoms with Gasteiger partial charge in [0.15, 0.2) is 17.3 Å². The molecule has 0 radical (unpaired) electrons. The van der Waals surface area contributed by atoms with Gasteiger partial charge in [0.2, 0.25) is 5.91 Å². The van der Waals surface area contributed by atoms with Crippen LogP contribution in [0, 0.1) is 0 Å². The predicted octanol–water partition coefficient (Wildman–Crippen LogP) is 3.74. The highest BCUT2D eigenvalue weighted by Gasteiger charge is 2.23. The first-order chi connectivity index (χ1) is 14.1. The summed E-state index contributed by atoms with van der Waals surface area (Å²) in [7, 11) is 3.24. The van der Waals surface area contributed by atoms with E-state index >= 15 is 0 Å². The molecule has 0 atom stereocenters. The Morgan fingerprint density at radius 2 is 1.55 bits per heavy atom. The highest BCUT2D eigenvalue weighted by atomic mass is 16.5.